The van der Waals surface area contributed by atoms with Crippen LogP contribution in [0.25, 0.3) is 0 Å². The minimum Gasteiger partial charge on any atom is -0.525 e. The molecule has 0 unspecified atom stereocenters. The summed E-state index contributed by atoms with van der Waals surface area (Å²) in [5.41, 5.74) is -0.939. The van der Waals surface area contributed by atoms with Crippen LogP contribution in [0, 0.1) is 17.9 Å². The van der Waals surface area contributed by atoms with Crippen molar-refractivity contribution in [3.05, 3.63) is 69.3 Å². The van der Waals surface area contributed by atoms with Crippen LogP contribution in [-0.4, -0.2) is 41.0 Å². The Labute approximate surface area is 190 Å². The summed E-state index contributed by atoms with van der Waals surface area (Å²) in [6, 6.07) is 2.79. The van der Waals surface area contributed by atoms with Crippen LogP contribution in [0.4, 0.5) is 8.78 Å². The molecule has 3 heterocycles. The van der Waals surface area contributed by atoms with E-state index < -0.39 is 28.9 Å². The Morgan fingerprint density at radius 2 is 2.10 bits per heavy atom. The number of aromatic nitrogens is 1. The van der Waals surface area contributed by atoms with Crippen molar-refractivity contribution < 1.29 is 48.9 Å². The average Bonchev–Trinajstić information content (AvgIpc) is 3.08. The summed E-state index contributed by atoms with van der Waals surface area (Å²) in [4.78, 5) is 39.8. The number of nitrogens with zero attached hydrogens (tertiary/aromatic N) is 2. The van der Waals surface area contributed by atoms with Gasteiger partial charge in [0.25, 0.3) is 5.91 Å². The van der Waals surface area contributed by atoms with Crippen LogP contribution in [0.3, 0.4) is 0 Å². The molecule has 2 amide bonds. The molecular weight excluding hydrogens is 584 g/mol. The van der Waals surface area contributed by atoms with Crippen molar-refractivity contribution in [2.75, 3.05) is 13.7 Å². The molecule has 0 radical (unpaired) electrons. The Balaban J connectivity index is 0.00000272. The van der Waals surface area contributed by atoms with Crippen LogP contribution in [0.1, 0.15) is 33.3 Å². The van der Waals surface area contributed by atoms with Gasteiger partial charge in [0.2, 0.25) is 11.3 Å². The Morgan fingerprint density at radius 3 is 2.77 bits per heavy atom. The third-order valence-electron chi connectivity index (χ3n) is 5.07. The van der Waals surface area contributed by atoms with Gasteiger partial charge in [-0.2, -0.15) is 0 Å². The van der Waals surface area contributed by atoms with Gasteiger partial charge >= 0.3 is 0 Å². The molecule has 1 aromatic carbocycles. The first-order valence-electron chi connectivity index (χ1n) is 9.17. The fraction of sp³-hybridized carbons (Fsp3) is 0.300. The zero-order valence-corrected chi connectivity index (χ0v) is 19.5. The number of carbonyl (C=O) groups excluding carboxylic acids is 2. The summed E-state index contributed by atoms with van der Waals surface area (Å²) in [5.74, 6) is -3.03. The number of rotatable bonds is 4. The quantitative estimate of drug-likeness (QED) is 0.536. The van der Waals surface area contributed by atoms with Crippen molar-refractivity contribution in [1.29, 1.82) is 0 Å². The molecule has 164 valence electrons. The molecule has 2 aromatic rings. The van der Waals surface area contributed by atoms with Gasteiger partial charge in [-0.05, 0) is 13.0 Å². The topological polar surface area (TPSA) is 89.9 Å². The second kappa shape index (κ2) is 8.88. The fourth-order valence-corrected chi connectivity index (χ4v) is 3.57. The predicted molar refractivity (Wildman–Crippen MR) is 99.6 cm³/mol. The molecule has 31 heavy (non-hydrogen) atoms. The largest absolute Gasteiger partial charge is 0.525 e. The van der Waals surface area contributed by atoms with Gasteiger partial charge in [-0.1, -0.05) is 18.8 Å². The Morgan fingerprint density at radius 1 is 1.35 bits per heavy atom. The maximum atomic E-state index is 13.8. The number of halogens is 2. The number of hydrogen-bond acceptors (Lipinski definition) is 5. The van der Waals surface area contributed by atoms with Crippen LogP contribution in [0.2, 0.25) is 0 Å². The number of pyridine rings is 1. The molecule has 4 rings (SSSR count). The standard InChI is InChI=1S/C20H18F2N3O5.W/c1-10-9-30-15-8-24-7-13(17(26)18(29-2)16(24)20(28)25(10)15)19(27)23-6-11-3-4-12(21)5-14(11)22;/h3-5,7,10H,6,8-9H2,1-2H3,(H,23,27);/q-1;/t10-;/m0./s1. The van der Waals surface area contributed by atoms with Crippen molar-refractivity contribution >= 4 is 11.8 Å². The minimum absolute atomic E-state index is 0. The molecule has 2 aliphatic rings. The van der Waals surface area contributed by atoms with Crippen LogP contribution >= 0.6 is 0 Å². The number of nitrogens with one attached hydrogen (secondary N) is 1. The van der Waals surface area contributed by atoms with Gasteiger partial charge in [-0.3, -0.25) is 14.4 Å². The van der Waals surface area contributed by atoms with Crippen molar-refractivity contribution in [1.82, 2.24) is 14.8 Å². The third-order valence-corrected chi connectivity index (χ3v) is 5.07. The van der Waals surface area contributed by atoms with E-state index in [1.807, 2.05) is 6.92 Å². The van der Waals surface area contributed by atoms with E-state index in [9.17, 15) is 23.2 Å². The molecule has 8 nitrogen and oxygen atoms in total. The van der Waals surface area contributed by atoms with Crippen LogP contribution in [0.5, 0.6) is 5.75 Å². The molecule has 0 bridgehead atoms. The Bertz CT molecular complexity index is 1110. The molecule has 0 saturated carbocycles. The maximum Gasteiger partial charge on any atom is 0.257 e. The van der Waals surface area contributed by atoms with Crippen LogP contribution < -0.4 is 15.5 Å². The summed E-state index contributed by atoms with van der Waals surface area (Å²) in [5, 5.41) is 2.44. The van der Waals surface area contributed by atoms with Crippen LogP contribution in [-0.2, 0) is 38.9 Å². The van der Waals surface area contributed by atoms with E-state index in [2.05, 4.69) is 5.32 Å². The second-order valence-electron chi connectivity index (χ2n) is 7.03. The summed E-state index contributed by atoms with van der Waals surface area (Å²) in [6.07, 6.45) is 1.68. The normalized spacial score (nSPS) is 17.6. The van der Waals surface area contributed by atoms with Gasteiger partial charge < -0.3 is 24.3 Å². The third kappa shape index (κ3) is 4.02. The first-order valence-corrected chi connectivity index (χ1v) is 9.17. The zero-order chi connectivity index (χ0) is 21.6. The maximum absolute atomic E-state index is 13.8. The van der Waals surface area contributed by atoms with Gasteiger partial charge in [-0.25, -0.2) is 8.78 Å². The van der Waals surface area contributed by atoms with E-state index in [4.69, 9.17) is 9.47 Å². The van der Waals surface area contributed by atoms with E-state index in [0.717, 1.165) is 6.07 Å². The monoisotopic (exact) mass is 602 g/mol. The molecular formula is C20H18F2N3O5W-. The summed E-state index contributed by atoms with van der Waals surface area (Å²) < 4.78 is 39.0. The zero-order valence-electron chi connectivity index (χ0n) is 16.6. The van der Waals surface area contributed by atoms with E-state index in [1.54, 1.807) is 0 Å². The van der Waals surface area contributed by atoms with Crippen LogP contribution in [0.15, 0.2) is 29.2 Å². The number of carbonyl (C=O) groups is 2. The molecule has 0 spiro atoms. The van der Waals surface area contributed by atoms with Crippen molar-refractivity contribution in [3.63, 3.8) is 0 Å². The van der Waals surface area contributed by atoms with Crippen molar-refractivity contribution in [2.24, 2.45) is 0 Å². The molecule has 11 heteroatoms. The smallest absolute Gasteiger partial charge is 0.257 e. The minimum atomic E-state index is -0.815. The van der Waals surface area contributed by atoms with Gasteiger partial charge in [0.05, 0.1) is 7.11 Å². The Kier molecular flexibility index (Phi) is 6.61. The van der Waals surface area contributed by atoms with Crippen molar-refractivity contribution in [2.45, 2.75) is 26.1 Å². The van der Waals surface area contributed by atoms with E-state index in [-0.39, 0.29) is 62.8 Å². The van der Waals surface area contributed by atoms with Crippen molar-refractivity contribution in [3.8, 4) is 5.75 Å². The number of benzene rings is 1. The number of methoxy groups -OCH3 is 1. The van der Waals surface area contributed by atoms with E-state index >= 15 is 0 Å². The summed E-state index contributed by atoms with van der Waals surface area (Å²) in [6.45, 7) is 2.05. The average molecular weight is 602 g/mol. The predicted octanol–water partition coefficient (Wildman–Crippen LogP) is 1.43. The molecule has 1 fully saturated rings. The SMILES string of the molecule is COc1c2n(cc(C(=O)NCc3ccc(F)cc3F)c1=O)C[C-]1OC[C@H](C)N1C2=O.[W]. The summed E-state index contributed by atoms with van der Waals surface area (Å²) in [7, 11) is 1.24. The number of ether oxygens (including phenoxy) is 2. The van der Waals surface area contributed by atoms with E-state index in [0.29, 0.717) is 18.9 Å². The van der Waals surface area contributed by atoms with Gasteiger partial charge in [0, 0.05) is 58.1 Å². The first kappa shape index (κ1) is 23.1. The molecule has 1 saturated heterocycles. The van der Waals surface area contributed by atoms with Gasteiger partial charge in [0.15, 0.2) is 5.75 Å². The Hall–Kier alpha value is -2.58. The molecule has 1 N–H and O–H groups in total. The number of amides is 2. The molecule has 1 aromatic heterocycles. The fourth-order valence-electron chi connectivity index (χ4n) is 3.57. The molecule has 2 aliphatic heterocycles. The van der Waals surface area contributed by atoms with Gasteiger partial charge in [0.1, 0.15) is 22.9 Å². The number of hydrogen-bond donors (Lipinski definition) is 1. The summed E-state index contributed by atoms with van der Waals surface area (Å²) >= 11 is 0. The first-order chi connectivity index (χ1) is 14.3. The number of fused-ring (bicyclic) bond motifs is 2. The second-order valence-corrected chi connectivity index (χ2v) is 7.03. The molecule has 0 aliphatic carbocycles. The van der Waals surface area contributed by atoms with E-state index in [1.165, 1.54) is 28.8 Å². The molecule has 1 atom stereocenters. The van der Waals surface area contributed by atoms with Gasteiger partial charge in [-0.15, -0.1) is 0 Å².